The molecule has 0 saturated carbocycles. The number of nitrogen functional groups attached to an aromatic ring is 1. The number of hydrogen-bond donors (Lipinski definition) is 1. The van der Waals surface area contributed by atoms with Gasteiger partial charge in [-0.1, -0.05) is 34.8 Å². The van der Waals surface area contributed by atoms with Crippen molar-refractivity contribution >= 4 is 52.2 Å². The first-order valence-electron chi connectivity index (χ1n) is 5.48. The Balaban J connectivity index is 2.71. The van der Waals surface area contributed by atoms with Crippen LogP contribution in [0.15, 0.2) is 12.1 Å². The Kier molecular flexibility index (Phi) is 4.66. The number of anilines is 1. The predicted molar refractivity (Wildman–Crippen MR) is 82.1 cm³/mol. The topological polar surface area (TPSA) is 67.6 Å². The van der Waals surface area contributed by atoms with E-state index in [1.807, 2.05) is 6.07 Å². The van der Waals surface area contributed by atoms with Crippen molar-refractivity contribution in [3.05, 3.63) is 38.5 Å². The van der Waals surface area contributed by atoms with Gasteiger partial charge < -0.3 is 5.73 Å². The van der Waals surface area contributed by atoms with Crippen LogP contribution >= 0.6 is 46.4 Å². The van der Waals surface area contributed by atoms with Crippen LogP contribution in [0.25, 0.3) is 5.69 Å². The van der Waals surface area contributed by atoms with E-state index in [-0.39, 0.29) is 21.4 Å². The lowest BCUT2D eigenvalue weighted by Crippen LogP contribution is -2.05. The fourth-order valence-electron chi connectivity index (χ4n) is 1.79. The van der Waals surface area contributed by atoms with Gasteiger partial charge in [0, 0.05) is 12.3 Å². The Labute approximate surface area is 135 Å². The first-order chi connectivity index (χ1) is 9.51. The summed E-state index contributed by atoms with van der Waals surface area (Å²) in [5, 5.41) is 14.1. The average Bonchev–Trinajstić information content (AvgIpc) is 2.73. The second kappa shape index (κ2) is 6.11. The molecule has 0 unspecified atom stereocenters. The maximum atomic E-state index is 9.15. The van der Waals surface area contributed by atoms with E-state index in [9.17, 15) is 0 Å². The highest BCUT2D eigenvalue weighted by atomic mass is 35.5. The molecule has 0 amide bonds. The minimum Gasteiger partial charge on any atom is -0.381 e. The first kappa shape index (κ1) is 15.3. The molecule has 0 saturated heterocycles. The molecule has 2 N–H and O–H groups in total. The van der Waals surface area contributed by atoms with Crippen molar-refractivity contribution in [1.82, 2.24) is 9.78 Å². The zero-order valence-electron chi connectivity index (χ0n) is 10.00. The summed E-state index contributed by atoms with van der Waals surface area (Å²) in [5.41, 5.74) is 7.10. The van der Waals surface area contributed by atoms with Gasteiger partial charge >= 0.3 is 0 Å². The summed E-state index contributed by atoms with van der Waals surface area (Å²) in [6.45, 7) is 0. The van der Waals surface area contributed by atoms with Crippen molar-refractivity contribution in [2.24, 2.45) is 0 Å². The van der Waals surface area contributed by atoms with Gasteiger partial charge in [-0.25, -0.2) is 4.68 Å². The van der Waals surface area contributed by atoms with Crippen LogP contribution < -0.4 is 5.73 Å². The van der Waals surface area contributed by atoms with Gasteiger partial charge in [0.15, 0.2) is 5.82 Å². The van der Waals surface area contributed by atoms with E-state index in [0.717, 1.165) is 0 Å². The van der Waals surface area contributed by atoms with Crippen LogP contribution in [0.3, 0.4) is 0 Å². The van der Waals surface area contributed by atoms with Crippen LogP contribution in [-0.2, 0) is 6.42 Å². The number of nitrogens with two attached hydrogens (primary N) is 1. The molecule has 0 spiro atoms. The maximum absolute atomic E-state index is 9.15. The van der Waals surface area contributed by atoms with Gasteiger partial charge in [-0.05, 0) is 12.1 Å². The summed E-state index contributed by atoms with van der Waals surface area (Å²) in [5.74, 6) is 0.438. The van der Waals surface area contributed by atoms with E-state index < -0.39 is 0 Å². The lowest BCUT2D eigenvalue weighted by Gasteiger charge is -2.10. The van der Waals surface area contributed by atoms with Gasteiger partial charge in [0.05, 0.1) is 26.4 Å². The van der Waals surface area contributed by atoms with Crippen molar-refractivity contribution < 1.29 is 0 Å². The first-order valence-corrected chi connectivity index (χ1v) is 7.15. The summed E-state index contributed by atoms with van der Waals surface area (Å²) in [4.78, 5) is 0. The number of hydrogen-bond acceptors (Lipinski definition) is 3. The molecular weight excluding hydrogens is 342 g/mol. The molecule has 1 aromatic carbocycles. The van der Waals surface area contributed by atoms with E-state index >= 15 is 0 Å². The number of nitrogens with zero attached hydrogens (tertiary/aromatic N) is 3. The van der Waals surface area contributed by atoms with Gasteiger partial charge in [0.1, 0.15) is 11.6 Å². The summed E-state index contributed by atoms with van der Waals surface area (Å²) in [6.07, 6.45) is 0.422. The molecule has 1 aromatic heterocycles. The van der Waals surface area contributed by atoms with Gasteiger partial charge in [-0.15, -0.1) is 16.7 Å². The third-order valence-electron chi connectivity index (χ3n) is 2.69. The quantitative estimate of drug-likeness (QED) is 0.670. The minimum atomic E-state index is 0.120. The van der Waals surface area contributed by atoms with E-state index in [0.29, 0.717) is 28.7 Å². The second-order valence-electron chi connectivity index (χ2n) is 3.86. The molecule has 8 heteroatoms. The summed E-state index contributed by atoms with van der Waals surface area (Å²) in [7, 11) is 0. The Bertz CT molecular complexity index is 702. The molecule has 0 bridgehead atoms. The van der Waals surface area contributed by atoms with Gasteiger partial charge in [0.25, 0.3) is 0 Å². The van der Waals surface area contributed by atoms with E-state index in [2.05, 4.69) is 5.10 Å². The average molecular weight is 350 g/mol. The van der Waals surface area contributed by atoms with E-state index in [1.54, 1.807) is 12.1 Å². The molecule has 0 aliphatic carbocycles. The largest absolute Gasteiger partial charge is 0.381 e. The molecule has 104 valence electrons. The standard InChI is InChI=1S/C12H8Cl4N4/c13-4-3-8-6(5-17)12(18)19-20(8)9-2-1-7(14)10(15)11(9)16/h1-2H,3-4H2,(H2,18,19). The Morgan fingerprint density at radius 1 is 1.25 bits per heavy atom. The van der Waals surface area contributed by atoms with Crippen molar-refractivity contribution in [3.8, 4) is 11.8 Å². The van der Waals surface area contributed by atoms with Crippen LogP contribution in [-0.4, -0.2) is 15.7 Å². The van der Waals surface area contributed by atoms with Crippen molar-refractivity contribution in [1.29, 1.82) is 5.26 Å². The van der Waals surface area contributed by atoms with Gasteiger partial charge in [-0.2, -0.15) is 5.26 Å². The molecule has 0 radical (unpaired) electrons. The molecule has 4 nitrogen and oxygen atoms in total. The fraction of sp³-hybridized carbons (Fsp3) is 0.167. The molecule has 0 fully saturated rings. The van der Waals surface area contributed by atoms with Crippen LogP contribution in [0, 0.1) is 11.3 Å². The molecule has 2 aromatic rings. The SMILES string of the molecule is N#Cc1c(N)nn(-c2ccc(Cl)c(Cl)c2Cl)c1CCCl. The third-order valence-corrected chi connectivity index (χ3v) is 4.17. The second-order valence-corrected chi connectivity index (χ2v) is 5.41. The number of benzene rings is 1. The fourth-order valence-corrected chi connectivity index (χ4v) is 2.58. The molecule has 2 rings (SSSR count). The Hall–Kier alpha value is -1.12. The number of halogens is 4. The molecule has 0 atom stereocenters. The summed E-state index contributed by atoms with van der Waals surface area (Å²) >= 11 is 23.8. The number of alkyl halides is 1. The number of nitriles is 1. The van der Waals surface area contributed by atoms with Crippen LogP contribution in [0.2, 0.25) is 15.1 Å². The minimum absolute atomic E-state index is 0.120. The maximum Gasteiger partial charge on any atom is 0.164 e. The Morgan fingerprint density at radius 2 is 1.95 bits per heavy atom. The monoisotopic (exact) mass is 348 g/mol. The number of rotatable bonds is 3. The highest BCUT2D eigenvalue weighted by Crippen LogP contribution is 2.35. The van der Waals surface area contributed by atoms with Gasteiger partial charge in [-0.3, -0.25) is 0 Å². The summed E-state index contributed by atoms with van der Waals surface area (Å²) < 4.78 is 1.47. The van der Waals surface area contributed by atoms with Crippen molar-refractivity contribution in [2.75, 3.05) is 11.6 Å². The summed E-state index contributed by atoms with van der Waals surface area (Å²) in [6, 6.07) is 5.27. The Morgan fingerprint density at radius 3 is 2.55 bits per heavy atom. The lowest BCUT2D eigenvalue weighted by atomic mass is 10.2. The molecule has 1 heterocycles. The molecular formula is C12H8Cl4N4. The highest BCUT2D eigenvalue weighted by molar-refractivity contribution is 6.48. The van der Waals surface area contributed by atoms with Crippen LogP contribution in [0.4, 0.5) is 5.82 Å². The molecule has 0 aliphatic heterocycles. The van der Waals surface area contributed by atoms with E-state index in [1.165, 1.54) is 4.68 Å². The highest BCUT2D eigenvalue weighted by Gasteiger charge is 2.19. The third kappa shape index (κ3) is 2.55. The lowest BCUT2D eigenvalue weighted by molar-refractivity contribution is 0.818. The number of aromatic nitrogens is 2. The smallest absolute Gasteiger partial charge is 0.164 e. The van der Waals surface area contributed by atoms with Crippen molar-refractivity contribution in [2.45, 2.75) is 6.42 Å². The van der Waals surface area contributed by atoms with Crippen LogP contribution in [0.5, 0.6) is 0 Å². The van der Waals surface area contributed by atoms with Gasteiger partial charge in [0.2, 0.25) is 0 Å². The zero-order valence-corrected chi connectivity index (χ0v) is 13.0. The van der Waals surface area contributed by atoms with Crippen molar-refractivity contribution in [3.63, 3.8) is 0 Å². The molecule has 0 aliphatic rings. The predicted octanol–water partition coefficient (Wildman–Crippen LogP) is 4.07. The normalized spacial score (nSPS) is 10.6. The zero-order chi connectivity index (χ0) is 14.9. The van der Waals surface area contributed by atoms with E-state index in [4.69, 9.17) is 57.4 Å². The molecule has 20 heavy (non-hydrogen) atoms. The van der Waals surface area contributed by atoms with Crippen LogP contribution in [0.1, 0.15) is 11.3 Å².